The highest BCUT2D eigenvalue weighted by Gasteiger charge is 2.33. The van der Waals surface area contributed by atoms with Crippen molar-refractivity contribution in [2.75, 3.05) is 20.1 Å². The number of likely N-dealkylation sites (tertiary alicyclic amines) is 1. The van der Waals surface area contributed by atoms with E-state index in [1.165, 1.54) is 0 Å². The Kier molecular flexibility index (Phi) is 3.46. The fourth-order valence-electron chi connectivity index (χ4n) is 2.53. The van der Waals surface area contributed by atoms with E-state index in [-0.39, 0.29) is 0 Å². The minimum Gasteiger partial charge on any atom is -0.489 e. The van der Waals surface area contributed by atoms with E-state index in [0.717, 1.165) is 50.1 Å². The molecule has 0 aromatic heterocycles. The molecule has 1 aromatic rings. The fourth-order valence-corrected chi connectivity index (χ4v) is 2.75. The van der Waals surface area contributed by atoms with Crippen LogP contribution in [0, 0.1) is 0 Å². The molecule has 0 radical (unpaired) electrons. The number of aliphatic hydroxyl groups is 1. The van der Waals surface area contributed by atoms with Crippen molar-refractivity contribution < 1.29 is 9.84 Å². The summed E-state index contributed by atoms with van der Waals surface area (Å²) < 4.78 is 5.73. The van der Waals surface area contributed by atoms with Crippen LogP contribution in [0.4, 0.5) is 0 Å². The minimum absolute atomic E-state index is 0.342. The van der Waals surface area contributed by atoms with E-state index in [4.69, 9.17) is 16.3 Å². The third-order valence-electron chi connectivity index (χ3n) is 4.10. The first-order valence-corrected chi connectivity index (χ1v) is 7.32. The van der Waals surface area contributed by atoms with Crippen LogP contribution >= 0.6 is 11.6 Å². The quantitative estimate of drug-likeness (QED) is 0.925. The van der Waals surface area contributed by atoms with E-state index in [1.54, 1.807) is 0 Å². The van der Waals surface area contributed by atoms with Gasteiger partial charge < -0.3 is 14.7 Å². The number of rotatable bonds is 3. The predicted molar refractivity (Wildman–Crippen MR) is 75.7 cm³/mol. The Bertz CT molecular complexity index is 465. The summed E-state index contributed by atoms with van der Waals surface area (Å²) in [6.07, 6.45) is 4.09. The first-order chi connectivity index (χ1) is 9.07. The maximum atomic E-state index is 10.7. The predicted octanol–water partition coefficient (Wildman–Crippen LogP) is 2.79. The number of piperidine rings is 1. The van der Waals surface area contributed by atoms with Crippen LogP contribution in [0.3, 0.4) is 0 Å². The van der Waals surface area contributed by atoms with Crippen LogP contribution in [0.1, 0.15) is 31.2 Å². The maximum Gasteiger partial charge on any atom is 0.138 e. The van der Waals surface area contributed by atoms with Gasteiger partial charge in [0.05, 0.1) is 16.7 Å². The summed E-state index contributed by atoms with van der Waals surface area (Å²) in [4.78, 5) is 2.24. The fraction of sp³-hybridized carbons (Fsp3) is 0.600. The first-order valence-electron chi connectivity index (χ1n) is 6.94. The standard InChI is InChI=1S/C15H20ClNO2/c1-17-8-6-15(18,7-9-17)11-2-5-14(13(16)10-11)19-12-3-4-12/h2,5,10,12,18H,3-4,6-9H2,1H3. The molecule has 1 aliphatic heterocycles. The molecule has 0 atom stereocenters. The molecule has 0 amide bonds. The number of halogens is 1. The van der Waals surface area contributed by atoms with E-state index < -0.39 is 5.60 Å². The van der Waals surface area contributed by atoms with Gasteiger partial charge in [0.1, 0.15) is 5.75 Å². The van der Waals surface area contributed by atoms with Crippen LogP contribution in [-0.2, 0) is 5.60 Å². The van der Waals surface area contributed by atoms with Gasteiger partial charge in [0.2, 0.25) is 0 Å². The Morgan fingerprint density at radius 2 is 2.00 bits per heavy atom. The Hall–Kier alpha value is -0.770. The van der Waals surface area contributed by atoms with Gasteiger partial charge in [-0.15, -0.1) is 0 Å². The van der Waals surface area contributed by atoms with Crippen molar-refractivity contribution in [3.05, 3.63) is 28.8 Å². The highest BCUT2D eigenvalue weighted by Crippen LogP contribution is 2.38. The Labute approximate surface area is 119 Å². The monoisotopic (exact) mass is 281 g/mol. The van der Waals surface area contributed by atoms with Gasteiger partial charge in [-0.1, -0.05) is 17.7 Å². The summed E-state index contributed by atoms with van der Waals surface area (Å²) >= 11 is 6.26. The molecule has 0 unspecified atom stereocenters. The van der Waals surface area contributed by atoms with Crippen LogP contribution in [0.5, 0.6) is 5.75 Å². The van der Waals surface area contributed by atoms with Crippen molar-refractivity contribution in [3.8, 4) is 5.75 Å². The number of nitrogens with zero attached hydrogens (tertiary/aromatic N) is 1. The molecule has 0 spiro atoms. The smallest absolute Gasteiger partial charge is 0.138 e. The van der Waals surface area contributed by atoms with Gasteiger partial charge in [-0.2, -0.15) is 0 Å². The second-order valence-corrected chi connectivity index (χ2v) is 6.20. The average Bonchev–Trinajstić information content (AvgIpc) is 3.20. The summed E-state index contributed by atoms with van der Waals surface area (Å²) in [6, 6.07) is 5.71. The number of benzene rings is 1. The summed E-state index contributed by atoms with van der Waals surface area (Å²) in [5.74, 6) is 0.740. The lowest BCUT2D eigenvalue weighted by Crippen LogP contribution is -2.40. The zero-order chi connectivity index (χ0) is 13.5. The average molecular weight is 282 g/mol. The molecule has 3 nitrogen and oxygen atoms in total. The SMILES string of the molecule is CN1CCC(O)(c2ccc(OC3CC3)c(Cl)c2)CC1. The molecule has 19 heavy (non-hydrogen) atoms. The van der Waals surface area contributed by atoms with Gasteiger partial charge >= 0.3 is 0 Å². The molecule has 1 saturated carbocycles. The molecule has 104 valence electrons. The molecular weight excluding hydrogens is 262 g/mol. The molecular formula is C15H20ClNO2. The Balaban J connectivity index is 1.78. The van der Waals surface area contributed by atoms with Crippen LogP contribution in [0.2, 0.25) is 5.02 Å². The molecule has 1 saturated heterocycles. The van der Waals surface area contributed by atoms with Crippen molar-refractivity contribution in [2.24, 2.45) is 0 Å². The molecule has 3 rings (SSSR count). The molecule has 1 N–H and O–H groups in total. The topological polar surface area (TPSA) is 32.7 Å². The minimum atomic E-state index is -0.742. The second kappa shape index (κ2) is 4.97. The van der Waals surface area contributed by atoms with Crippen LogP contribution in [0.25, 0.3) is 0 Å². The van der Waals surface area contributed by atoms with Crippen LogP contribution in [-0.4, -0.2) is 36.2 Å². The normalized spacial score (nSPS) is 23.3. The summed E-state index contributed by atoms with van der Waals surface area (Å²) in [6.45, 7) is 1.82. The van der Waals surface area contributed by atoms with Crippen molar-refractivity contribution in [1.82, 2.24) is 4.90 Å². The second-order valence-electron chi connectivity index (χ2n) is 5.80. The van der Waals surface area contributed by atoms with E-state index in [1.807, 2.05) is 18.2 Å². The van der Waals surface area contributed by atoms with E-state index in [2.05, 4.69) is 11.9 Å². The highest BCUT2D eigenvalue weighted by molar-refractivity contribution is 6.32. The van der Waals surface area contributed by atoms with E-state index >= 15 is 0 Å². The van der Waals surface area contributed by atoms with Gasteiger partial charge in [-0.3, -0.25) is 0 Å². The molecule has 1 heterocycles. The van der Waals surface area contributed by atoms with Crippen molar-refractivity contribution >= 4 is 11.6 Å². The van der Waals surface area contributed by atoms with Crippen LogP contribution < -0.4 is 4.74 Å². The van der Waals surface area contributed by atoms with Gasteiger partial charge in [-0.25, -0.2) is 0 Å². The van der Waals surface area contributed by atoms with Crippen LogP contribution in [0.15, 0.2) is 18.2 Å². The molecule has 2 aliphatic rings. The van der Waals surface area contributed by atoms with E-state index in [9.17, 15) is 5.11 Å². The van der Waals surface area contributed by atoms with Crippen molar-refractivity contribution in [3.63, 3.8) is 0 Å². The zero-order valence-electron chi connectivity index (χ0n) is 11.2. The van der Waals surface area contributed by atoms with Gasteiger partial charge in [0.15, 0.2) is 0 Å². The lowest BCUT2D eigenvalue weighted by atomic mass is 9.84. The molecule has 0 bridgehead atoms. The molecule has 1 aliphatic carbocycles. The van der Waals surface area contributed by atoms with Crippen molar-refractivity contribution in [1.29, 1.82) is 0 Å². The van der Waals surface area contributed by atoms with Gasteiger partial charge in [-0.05, 0) is 50.4 Å². The summed E-state index contributed by atoms with van der Waals surface area (Å²) in [7, 11) is 2.08. The third-order valence-corrected chi connectivity index (χ3v) is 4.40. The van der Waals surface area contributed by atoms with E-state index in [0.29, 0.717) is 11.1 Å². The molecule has 2 fully saturated rings. The number of hydrogen-bond donors (Lipinski definition) is 1. The van der Waals surface area contributed by atoms with Gasteiger partial charge in [0.25, 0.3) is 0 Å². The summed E-state index contributed by atoms with van der Waals surface area (Å²) in [5, 5.41) is 11.4. The first kappa shape index (κ1) is 13.2. The molecule has 1 aromatic carbocycles. The third kappa shape index (κ3) is 2.88. The molecule has 4 heteroatoms. The number of ether oxygens (including phenoxy) is 1. The number of hydrogen-bond acceptors (Lipinski definition) is 3. The largest absolute Gasteiger partial charge is 0.489 e. The zero-order valence-corrected chi connectivity index (χ0v) is 12.0. The lowest BCUT2D eigenvalue weighted by Gasteiger charge is -2.37. The van der Waals surface area contributed by atoms with Crippen molar-refractivity contribution in [2.45, 2.75) is 37.4 Å². The summed E-state index contributed by atoms with van der Waals surface area (Å²) in [5.41, 5.74) is 0.169. The highest BCUT2D eigenvalue weighted by atomic mass is 35.5. The maximum absolute atomic E-state index is 10.7. The lowest BCUT2D eigenvalue weighted by molar-refractivity contribution is -0.0203. The van der Waals surface area contributed by atoms with Gasteiger partial charge in [0, 0.05) is 13.1 Å². The Morgan fingerprint density at radius 3 is 2.58 bits per heavy atom. The Morgan fingerprint density at radius 1 is 1.32 bits per heavy atom.